The van der Waals surface area contributed by atoms with E-state index in [2.05, 4.69) is 31.6 Å². The summed E-state index contributed by atoms with van der Waals surface area (Å²) in [4.78, 5) is 4.80. The smallest absolute Gasteiger partial charge is 0.191 e. The second-order valence-electron chi connectivity index (χ2n) is 5.55. The van der Waals surface area contributed by atoms with Crippen molar-refractivity contribution in [1.82, 2.24) is 10.6 Å². The van der Waals surface area contributed by atoms with Crippen molar-refractivity contribution in [3.05, 3.63) is 28.7 Å². The van der Waals surface area contributed by atoms with Crippen LogP contribution >= 0.6 is 15.9 Å². The lowest BCUT2D eigenvalue weighted by atomic mass is 10.2. The molecule has 1 aliphatic heterocycles. The molecule has 6 nitrogen and oxygen atoms in total. The van der Waals surface area contributed by atoms with E-state index in [1.807, 2.05) is 6.92 Å². The van der Waals surface area contributed by atoms with Crippen molar-refractivity contribution >= 4 is 31.7 Å². The van der Waals surface area contributed by atoms with Crippen LogP contribution in [-0.4, -0.2) is 52.5 Å². The number of rotatable bonds is 7. The molecule has 8 heteroatoms. The Bertz CT molecular complexity index is 641. The predicted octanol–water partition coefficient (Wildman–Crippen LogP) is 1.96. The van der Waals surface area contributed by atoms with Gasteiger partial charge in [-0.15, -0.1) is 0 Å². The summed E-state index contributed by atoms with van der Waals surface area (Å²) in [6, 6.07) is 6.67. The summed E-state index contributed by atoms with van der Waals surface area (Å²) in [7, 11) is -3.31. The van der Waals surface area contributed by atoms with Crippen LogP contribution in [0.25, 0.3) is 0 Å². The van der Waals surface area contributed by atoms with Crippen molar-refractivity contribution in [2.45, 2.75) is 30.8 Å². The molecule has 1 aliphatic rings. The third-order valence-electron chi connectivity index (χ3n) is 3.66. The first-order chi connectivity index (χ1) is 11.5. The summed E-state index contributed by atoms with van der Waals surface area (Å²) in [5, 5.41) is 6.20. The summed E-state index contributed by atoms with van der Waals surface area (Å²) in [5.74, 6) is 0.637. The number of nitrogens with one attached hydrogen (secondary N) is 2. The van der Waals surface area contributed by atoms with E-state index < -0.39 is 9.84 Å². The Hall–Kier alpha value is -1.12. The monoisotopic (exact) mass is 417 g/mol. The highest BCUT2D eigenvalue weighted by Crippen LogP contribution is 2.15. The van der Waals surface area contributed by atoms with E-state index in [0.29, 0.717) is 23.9 Å². The standard InChI is InChI=1S/C16H24BrN3O3S/c1-2-18-16(20-12-14-4-3-10-23-14)19-9-11-24(21,22)15-7-5-13(17)6-8-15/h5-8,14H,2-4,9-12H2,1H3,(H2,18,19,20). The molecule has 1 aromatic rings. The average molecular weight is 418 g/mol. The quantitative estimate of drug-likeness (QED) is 0.523. The van der Waals surface area contributed by atoms with Gasteiger partial charge < -0.3 is 15.4 Å². The summed E-state index contributed by atoms with van der Waals surface area (Å²) in [6.45, 7) is 4.39. The minimum Gasteiger partial charge on any atom is -0.376 e. The second kappa shape index (κ2) is 9.39. The highest BCUT2D eigenvalue weighted by Gasteiger charge is 2.16. The number of ether oxygens (including phenoxy) is 1. The molecule has 1 heterocycles. The predicted molar refractivity (Wildman–Crippen MR) is 99.2 cm³/mol. The van der Waals surface area contributed by atoms with Crippen molar-refractivity contribution < 1.29 is 13.2 Å². The number of sulfone groups is 1. The van der Waals surface area contributed by atoms with Crippen molar-refractivity contribution in [3.8, 4) is 0 Å². The molecule has 1 unspecified atom stereocenters. The van der Waals surface area contributed by atoms with Crippen molar-refractivity contribution in [2.24, 2.45) is 4.99 Å². The van der Waals surface area contributed by atoms with E-state index in [4.69, 9.17) is 4.74 Å². The zero-order valence-corrected chi connectivity index (χ0v) is 16.2. The second-order valence-corrected chi connectivity index (χ2v) is 8.58. The SMILES string of the molecule is CCNC(=NCC1CCCO1)NCCS(=O)(=O)c1ccc(Br)cc1. The first-order valence-electron chi connectivity index (χ1n) is 8.13. The van der Waals surface area contributed by atoms with Gasteiger partial charge in [-0.2, -0.15) is 0 Å². The molecule has 134 valence electrons. The lowest BCUT2D eigenvalue weighted by Gasteiger charge is -2.13. The topological polar surface area (TPSA) is 79.8 Å². The van der Waals surface area contributed by atoms with Gasteiger partial charge in [-0.1, -0.05) is 15.9 Å². The Morgan fingerprint density at radius 2 is 2.08 bits per heavy atom. The maximum atomic E-state index is 12.3. The molecule has 1 saturated heterocycles. The molecule has 0 saturated carbocycles. The van der Waals surface area contributed by atoms with E-state index in [9.17, 15) is 8.42 Å². The molecule has 0 amide bonds. The van der Waals surface area contributed by atoms with Gasteiger partial charge in [0.15, 0.2) is 15.8 Å². The van der Waals surface area contributed by atoms with Gasteiger partial charge in [0.1, 0.15) is 0 Å². The van der Waals surface area contributed by atoms with Crippen LogP contribution in [0.1, 0.15) is 19.8 Å². The fraction of sp³-hybridized carbons (Fsp3) is 0.562. The summed E-state index contributed by atoms with van der Waals surface area (Å²) in [6.07, 6.45) is 2.28. The fourth-order valence-corrected chi connectivity index (χ4v) is 3.81. The van der Waals surface area contributed by atoms with Crippen molar-refractivity contribution in [1.29, 1.82) is 0 Å². The molecule has 1 aromatic carbocycles. The molecule has 0 aromatic heterocycles. The van der Waals surface area contributed by atoms with Gasteiger partial charge in [0.25, 0.3) is 0 Å². The molecule has 0 aliphatic carbocycles. The third kappa shape index (κ3) is 6.07. The molecule has 0 bridgehead atoms. The molecule has 1 fully saturated rings. The van der Waals surface area contributed by atoms with Crippen LogP contribution < -0.4 is 10.6 Å². The zero-order valence-electron chi connectivity index (χ0n) is 13.8. The number of halogens is 1. The van der Waals surface area contributed by atoms with Crippen LogP contribution in [0.5, 0.6) is 0 Å². The van der Waals surface area contributed by atoms with Gasteiger partial charge >= 0.3 is 0 Å². The fourth-order valence-electron chi connectivity index (χ4n) is 2.39. The van der Waals surface area contributed by atoms with Gasteiger partial charge in [-0.3, -0.25) is 4.99 Å². The Labute approximate surface area is 152 Å². The highest BCUT2D eigenvalue weighted by atomic mass is 79.9. The van der Waals surface area contributed by atoms with Crippen LogP contribution in [-0.2, 0) is 14.6 Å². The molecule has 0 radical (unpaired) electrons. The lowest BCUT2D eigenvalue weighted by Crippen LogP contribution is -2.40. The van der Waals surface area contributed by atoms with Gasteiger partial charge in [0, 0.05) is 24.2 Å². The lowest BCUT2D eigenvalue weighted by molar-refractivity contribution is 0.117. The van der Waals surface area contributed by atoms with Gasteiger partial charge in [0.2, 0.25) is 0 Å². The highest BCUT2D eigenvalue weighted by molar-refractivity contribution is 9.10. The molecular weight excluding hydrogens is 394 g/mol. The van der Waals surface area contributed by atoms with Crippen LogP contribution in [0.2, 0.25) is 0 Å². The third-order valence-corrected chi connectivity index (χ3v) is 5.92. The minimum absolute atomic E-state index is 0.0129. The Morgan fingerprint density at radius 1 is 1.33 bits per heavy atom. The average Bonchev–Trinajstić information content (AvgIpc) is 3.06. The number of aliphatic imine (C=N–C) groups is 1. The number of benzene rings is 1. The first-order valence-corrected chi connectivity index (χ1v) is 10.6. The molecule has 1 atom stereocenters. The maximum absolute atomic E-state index is 12.3. The zero-order chi connectivity index (χ0) is 17.4. The Morgan fingerprint density at radius 3 is 2.71 bits per heavy atom. The Balaban J connectivity index is 1.86. The van der Waals surface area contributed by atoms with E-state index in [1.54, 1.807) is 24.3 Å². The molecule has 24 heavy (non-hydrogen) atoms. The van der Waals surface area contributed by atoms with Gasteiger partial charge in [-0.25, -0.2) is 8.42 Å². The number of hydrogen-bond acceptors (Lipinski definition) is 4. The van der Waals surface area contributed by atoms with Gasteiger partial charge in [0.05, 0.1) is 23.3 Å². The van der Waals surface area contributed by atoms with E-state index in [1.165, 1.54) is 0 Å². The Kier molecular flexibility index (Phi) is 7.51. The van der Waals surface area contributed by atoms with Crippen LogP contribution in [0.15, 0.2) is 38.6 Å². The molecule has 2 rings (SSSR count). The number of hydrogen-bond donors (Lipinski definition) is 2. The van der Waals surface area contributed by atoms with Gasteiger partial charge in [-0.05, 0) is 44.0 Å². The molecular formula is C16H24BrN3O3S. The molecule has 0 spiro atoms. The number of nitrogens with zero attached hydrogens (tertiary/aromatic N) is 1. The maximum Gasteiger partial charge on any atom is 0.191 e. The van der Waals surface area contributed by atoms with Crippen LogP contribution in [0.4, 0.5) is 0 Å². The number of guanidine groups is 1. The van der Waals surface area contributed by atoms with Crippen LogP contribution in [0, 0.1) is 0 Å². The van der Waals surface area contributed by atoms with Crippen molar-refractivity contribution in [2.75, 3.05) is 32.0 Å². The first kappa shape index (κ1) is 19.2. The summed E-state index contributed by atoms with van der Waals surface area (Å²) in [5.41, 5.74) is 0. The van der Waals surface area contributed by atoms with E-state index >= 15 is 0 Å². The van der Waals surface area contributed by atoms with Crippen LogP contribution in [0.3, 0.4) is 0 Å². The van der Waals surface area contributed by atoms with Crippen molar-refractivity contribution in [3.63, 3.8) is 0 Å². The van der Waals surface area contributed by atoms with E-state index in [-0.39, 0.29) is 11.9 Å². The molecule has 2 N–H and O–H groups in total. The summed E-state index contributed by atoms with van der Waals surface area (Å²) < 4.78 is 31.0. The van der Waals surface area contributed by atoms with E-state index in [0.717, 1.165) is 30.5 Å². The minimum atomic E-state index is -3.31. The summed E-state index contributed by atoms with van der Waals surface area (Å²) >= 11 is 3.30. The largest absolute Gasteiger partial charge is 0.376 e. The normalized spacial score (nSPS) is 18.6.